The lowest BCUT2D eigenvalue weighted by atomic mass is 9.76. The number of carbonyl (C=O) groups is 3. The Morgan fingerprint density at radius 2 is 2.00 bits per heavy atom. The summed E-state index contributed by atoms with van der Waals surface area (Å²) in [5.41, 5.74) is 4.42. The maximum Gasteiger partial charge on any atom is 0.250 e. The van der Waals surface area contributed by atoms with Gasteiger partial charge in [-0.1, -0.05) is 37.3 Å². The van der Waals surface area contributed by atoms with E-state index in [1.54, 1.807) is 19.1 Å². The van der Waals surface area contributed by atoms with Gasteiger partial charge in [-0.25, -0.2) is 0 Å². The average Bonchev–Trinajstić information content (AvgIpc) is 2.69. The van der Waals surface area contributed by atoms with Gasteiger partial charge in [0, 0.05) is 6.42 Å². The molecule has 6 nitrogen and oxygen atoms in total. The summed E-state index contributed by atoms with van der Waals surface area (Å²) in [7, 11) is 0. The molecule has 2 rings (SSSR count). The summed E-state index contributed by atoms with van der Waals surface area (Å²) in [5, 5.41) is 9.47. The first-order chi connectivity index (χ1) is 10.4. The van der Waals surface area contributed by atoms with Crippen molar-refractivity contribution in [2.75, 3.05) is 0 Å². The van der Waals surface area contributed by atoms with E-state index in [0.29, 0.717) is 0 Å². The SMILES string of the molecule is CC1C(=O)N(Cc2ccccc2)C(=O)C1(C#N)CCC(N)=O. The molecule has 0 spiro atoms. The number of nitriles is 1. The van der Waals surface area contributed by atoms with E-state index in [4.69, 9.17) is 5.73 Å². The quantitative estimate of drug-likeness (QED) is 0.818. The number of carbonyl (C=O) groups excluding carboxylic acids is 3. The van der Waals surface area contributed by atoms with E-state index in [2.05, 4.69) is 0 Å². The van der Waals surface area contributed by atoms with Gasteiger partial charge in [0.05, 0.1) is 18.5 Å². The highest BCUT2D eigenvalue weighted by Gasteiger charge is 2.57. The predicted octanol–water partition coefficient (Wildman–Crippen LogP) is 0.967. The van der Waals surface area contributed by atoms with Crippen molar-refractivity contribution in [3.05, 3.63) is 35.9 Å². The van der Waals surface area contributed by atoms with Gasteiger partial charge in [0.15, 0.2) is 0 Å². The van der Waals surface area contributed by atoms with Crippen LogP contribution in [0, 0.1) is 22.7 Å². The molecule has 2 atom stereocenters. The van der Waals surface area contributed by atoms with Crippen molar-refractivity contribution < 1.29 is 14.4 Å². The van der Waals surface area contributed by atoms with E-state index in [-0.39, 0.29) is 25.3 Å². The van der Waals surface area contributed by atoms with Crippen LogP contribution in [0.25, 0.3) is 0 Å². The number of nitrogens with zero attached hydrogens (tertiary/aromatic N) is 2. The number of rotatable bonds is 5. The molecule has 1 heterocycles. The molecule has 114 valence electrons. The second kappa shape index (κ2) is 5.98. The Kier molecular flexibility index (Phi) is 4.27. The number of hydrogen-bond acceptors (Lipinski definition) is 4. The molecule has 0 aromatic heterocycles. The summed E-state index contributed by atoms with van der Waals surface area (Å²) in [6.45, 7) is 1.68. The summed E-state index contributed by atoms with van der Waals surface area (Å²) in [6.07, 6.45) is -0.133. The van der Waals surface area contributed by atoms with Crippen LogP contribution in [-0.2, 0) is 20.9 Å². The highest BCUT2D eigenvalue weighted by molar-refractivity contribution is 6.08. The van der Waals surface area contributed by atoms with Gasteiger partial charge in [-0.15, -0.1) is 0 Å². The third-order valence-corrected chi connectivity index (χ3v) is 4.15. The molecule has 0 aliphatic carbocycles. The van der Waals surface area contributed by atoms with Crippen LogP contribution in [0.4, 0.5) is 0 Å². The lowest BCUT2D eigenvalue weighted by Crippen LogP contribution is -2.36. The number of benzene rings is 1. The van der Waals surface area contributed by atoms with E-state index in [0.717, 1.165) is 10.5 Å². The Bertz CT molecular complexity index is 650. The summed E-state index contributed by atoms with van der Waals surface area (Å²) in [5.74, 6) is -2.31. The summed E-state index contributed by atoms with van der Waals surface area (Å²) in [4.78, 5) is 37.1. The van der Waals surface area contributed by atoms with Crippen LogP contribution in [0.1, 0.15) is 25.3 Å². The van der Waals surface area contributed by atoms with Crippen molar-refractivity contribution in [1.82, 2.24) is 4.90 Å². The van der Waals surface area contributed by atoms with Crippen LogP contribution in [0.15, 0.2) is 30.3 Å². The number of primary amides is 1. The van der Waals surface area contributed by atoms with E-state index < -0.39 is 23.1 Å². The first kappa shape index (κ1) is 15.7. The maximum absolute atomic E-state index is 12.6. The molecule has 2 unspecified atom stereocenters. The molecule has 0 radical (unpaired) electrons. The average molecular weight is 299 g/mol. The van der Waals surface area contributed by atoms with Crippen LogP contribution in [-0.4, -0.2) is 22.6 Å². The molecule has 1 aliphatic heterocycles. The van der Waals surface area contributed by atoms with Gasteiger partial charge in [0.2, 0.25) is 11.8 Å². The molecule has 1 fully saturated rings. The zero-order valence-electron chi connectivity index (χ0n) is 12.3. The van der Waals surface area contributed by atoms with E-state index in [1.807, 2.05) is 24.3 Å². The van der Waals surface area contributed by atoms with Crippen molar-refractivity contribution >= 4 is 17.7 Å². The first-order valence-corrected chi connectivity index (χ1v) is 7.01. The summed E-state index contributed by atoms with van der Waals surface area (Å²) >= 11 is 0. The zero-order valence-corrected chi connectivity index (χ0v) is 12.3. The lowest BCUT2D eigenvalue weighted by molar-refractivity contribution is -0.141. The van der Waals surface area contributed by atoms with Crippen LogP contribution in [0.5, 0.6) is 0 Å². The Balaban J connectivity index is 2.28. The molecule has 1 saturated heterocycles. The monoisotopic (exact) mass is 299 g/mol. The maximum atomic E-state index is 12.6. The molecule has 22 heavy (non-hydrogen) atoms. The summed E-state index contributed by atoms with van der Waals surface area (Å²) in [6, 6.07) is 11.0. The van der Waals surface area contributed by atoms with Crippen LogP contribution in [0.2, 0.25) is 0 Å². The molecule has 0 saturated carbocycles. The molecule has 1 aliphatic rings. The fraction of sp³-hybridized carbons (Fsp3) is 0.375. The van der Waals surface area contributed by atoms with Crippen LogP contribution < -0.4 is 5.73 Å². The molecule has 2 N–H and O–H groups in total. The van der Waals surface area contributed by atoms with Crippen LogP contribution >= 0.6 is 0 Å². The summed E-state index contributed by atoms with van der Waals surface area (Å²) < 4.78 is 0. The molecule has 0 bridgehead atoms. The lowest BCUT2D eigenvalue weighted by Gasteiger charge is -2.21. The first-order valence-electron chi connectivity index (χ1n) is 7.01. The Labute approximate surface area is 128 Å². The normalized spacial score (nSPS) is 24.4. The van der Waals surface area contributed by atoms with Gasteiger partial charge >= 0.3 is 0 Å². The standard InChI is InChI=1S/C16H17N3O3/c1-11-14(21)19(9-12-5-3-2-4-6-12)15(22)16(11,10-17)8-7-13(18)20/h2-6,11H,7-9H2,1H3,(H2,18,20). The van der Waals surface area contributed by atoms with Crippen molar-refractivity contribution in [2.45, 2.75) is 26.3 Å². The largest absolute Gasteiger partial charge is 0.370 e. The van der Waals surface area contributed by atoms with Gasteiger partial charge in [-0.3, -0.25) is 19.3 Å². The highest BCUT2D eigenvalue weighted by atomic mass is 16.2. The second-order valence-corrected chi connectivity index (χ2v) is 5.49. The molecular formula is C16H17N3O3. The van der Waals surface area contributed by atoms with Crippen molar-refractivity contribution in [2.24, 2.45) is 17.1 Å². The minimum absolute atomic E-state index is 0.0319. The van der Waals surface area contributed by atoms with E-state index >= 15 is 0 Å². The molecule has 1 aromatic rings. The predicted molar refractivity (Wildman–Crippen MR) is 77.6 cm³/mol. The number of likely N-dealkylation sites (tertiary alicyclic amines) is 1. The Morgan fingerprint density at radius 1 is 1.36 bits per heavy atom. The van der Waals surface area contributed by atoms with Gasteiger partial charge in [-0.05, 0) is 12.0 Å². The molecule has 6 heteroatoms. The Morgan fingerprint density at radius 3 is 2.55 bits per heavy atom. The number of imide groups is 1. The highest BCUT2D eigenvalue weighted by Crippen LogP contribution is 2.42. The fourth-order valence-corrected chi connectivity index (χ4v) is 2.73. The smallest absolute Gasteiger partial charge is 0.250 e. The van der Waals surface area contributed by atoms with Gasteiger partial charge in [-0.2, -0.15) is 5.26 Å². The van der Waals surface area contributed by atoms with Crippen LogP contribution in [0.3, 0.4) is 0 Å². The van der Waals surface area contributed by atoms with Gasteiger partial charge < -0.3 is 5.73 Å². The third kappa shape index (κ3) is 2.58. The number of amides is 3. The van der Waals surface area contributed by atoms with E-state index in [1.165, 1.54) is 0 Å². The molecule has 1 aromatic carbocycles. The van der Waals surface area contributed by atoms with Gasteiger partial charge in [0.25, 0.3) is 5.91 Å². The number of hydrogen-bond donors (Lipinski definition) is 1. The third-order valence-electron chi connectivity index (χ3n) is 4.15. The van der Waals surface area contributed by atoms with E-state index in [9.17, 15) is 19.6 Å². The topological polar surface area (TPSA) is 104 Å². The van der Waals surface area contributed by atoms with Gasteiger partial charge in [0.1, 0.15) is 5.41 Å². The van der Waals surface area contributed by atoms with Crippen molar-refractivity contribution in [3.8, 4) is 6.07 Å². The minimum Gasteiger partial charge on any atom is -0.370 e. The molecular weight excluding hydrogens is 282 g/mol. The zero-order chi connectivity index (χ0) is 16.3. The Hall–Kier alpha value is -2.68. The second-order valence-electron chi connectivity index (χ2n) is 5.49. The fourth-order valence-electron chi connectivity index (χ4n) is 2.73. The van der Waals surface area contributed by atoms with Crippen molar-refractivity contribution in [1.29, 1.82) is 5.26 Å². The van der Waals surface area contributed by atoms with Crippen molar-refractivity contribution in [3.63, 3.8) is 0 Å². The molecule has 3 amide bonds. The number of nitrogens with two attached hydrogens (primary N) is 1. The minimum atomic E-state index is -1.50.